The fraction of sp³-hybridized carbons (Fsp3) is 0.286. The van der Waals surface area contributed by atoms with Gasteiger partial charge in [-0.2, -0.15) is 0 Å². The minimum atomic E-state index is 0.0487. The molecule has 2 rings (SSSR count). The molecular weight excluding hydrogens is 357 g/mol. The first-order chi connectivity index (χ1) is 9.04. The van der Waals surface area contributed by atoms with E-state index in [0.717, 1.165) is 9.13 Å². The van der Waals surface area contributed by atoms with Crippen molar-refractivity contribution in [2.45, 2.75) is 6.92 Å². The second-order valence-electron chi connectivity index (χ2n) is 4.26. The molecule has 0 radical (unpaired) electrons. The lowest BCUT2D eigenvalue weighted by atomic mass is 10.1. The van der Waals surface area contributed by atoms with Crippen molar-refractivity contribution >= 4 is 28.5 Å². The Labute approximate surface area is 126 Å². The SMILES string of the molecule is CCOc1oc(N(C)C)c(-c2cccc(I)c2)c1O. The van der Waals surface area contributed by atoms with Gasteiger partial charge in [0.2, 0.25) is 11.6 Å². The number of hydrogen-bond donors (Lipinski definition) is 1. The molecule has 0 saturated heterocycles. The molecule has 0 bridgehead atoms. The highest BCUT2D eigenvalue weighted by molar-refractivity contribution is 14.1. The maximum absolute atomic E-state index is 10.3. The fourth-order valence-electron chi connectivity index (χ4n) is 1.84. The quantitative estimate of drug-likeness (QED) is 0.830. The average molecular weight is 373 g/mol. The lowest BCUT2D eigenvalue weighted by molar-refractivity contribution is 0.244. The number of aromatic hydroxyl groups is 1. The van der Waals surface area contributed by atoms with Gasteiger partial charge in [-0.3, -0.25) is 0 Å². The Hall–Kier alpha value is -1.37. The summed E-state index contributed by atoms with van der Waals surface area (Å²) in [5, 5.41) is 10.3. The van der Waals surface area contributed by atoms with E-state index in [1.165, 1.54) is 0 Å². The molecule has 5 heteroatoms. The van der Waals surface area contributed by atoms with Gasteiger partial charge in [0.05, 0.1) is 12.2 Å². The summed E-state index contributed by atoms with van der Waals surface area (Å²) in [6, 6.07) is 7.88. The number of benzene rings is 1. The monoisotopic (exact) mass is 373 g/mol. The summed E-state index contributed by atoms with van der Waals surface area (Å²) in [6.45, 7) is 2.29. The van der Waals surface area contributed by atoms with Crippen LogP contribution in [-0.2, 0) is 0 Å². The molecule has 0 spiro atoms. The second kappa shape index (κ2) is 5.73. The van der Waals surface area contributed by atoms with Crippen molar-refractivity contribution in [2.75, 3.05) is 25.6 Å². The molecule has 19 heavy (non-hydrogen) atoms. The largest absolute Gasteiger partial charge is 0.501 e. The van der Waals surface area contributed by atoms with Crippen molar-refractivity contribution in [1.29, 1.82) is 0 Å². The maximum Gasteiger partial charge on any atom is 0.330 e. The zero-order chi connectivity index (χ0) is 14.0. The normalized spacial score (nSPS) is 10.5. The average Bonchev–Trinajstić information content (AvgIpc) is 2.68. The molecular formula is C14H16INO3. The van der Waals surface area contributed by atoms with Crippen LogP contribution in [0.25, 0.3) is 11.1 Å². The molecule has 0 atom stereocenters. The van der Waals surface area contributed by atoms with Gasteiger partial charge in [0.1, 0.15) is 0 Å². The van der Waals surface area contributed by atoms with E-state index in [9.17, 15) is 5.11 Å². The van der Waals surface area contributed by atoms with Crippen LogP contribution in [0.2, 0.25) is 0 Å². The van der Waals surface area contributed by atoms with Gasteiger partial charge in [-0.1, -0.05) is 12.1 Å². The van der Waals surface area contributed by atoms with Crippen molar-refractivity contribution in [3.63, 3.8) is 0 Å². The number of nitrogens with zero attached hydrogens (tertiary/aromatic N) is 1. The first-order valence-electron chi connectivity index (χ1n) is 5.96. The minimum absolute atomic E-state index is 0.0487. The van der Waals surface area contributed by atoms with Crippen LogP contribution in [0.3, 0.4) is 0 Å². The molecule has 0 aliphatic heterocycles. The van der Waals surface area contributed by atoms with Gasteiger partial charge in [-0.25, -0.2) is 0 Å². The van der Waals surface area contributed by atoms with Crippen molar-refractivity contribution < 1.29 is 14.3 Å². The summed E-state index contributed by atoms with van der Waals surface area (Å²) in [4.78, 5) is 1.82. The summed E-state index contributed by atoms with van der Waals surface area (Å²) >= 11 is 2.24. The van der Waals surface area contributed by atoms with Gasteiger partial charge in [0, 0.05) is 17.7 Å². The lowest BCUT2D eigenvalue weighted by Gasteiger charge is -2.10. The first-order valence-corrected chi connectivity index (χ1v) is 7.04. The van der Waals surface area contributed by atoms with Crippen LogP contribution in [0.5, 0.6) is 11.7 Å². The number of rotatable bonds is 4. The fourth-order valence-corrected chi connectivity index (χ4v) is 2.38. The van der Waals surface area contributed by atoms with Crippen molar-refractivity contribution in [2.24, 2.45) is 0 Å². The number of furan rings is 1. The predicted octanol–water partition coefficient (Wildman–Crippen LogP) is 3.72. The molecule has 0 saturated carbocycles. The molecule has 0 fully saturated rings. The van der Waals surface area contributed by atoms with Crippen LogP contribution in [0, 0.1) is 3.57 Å². The van der Waals surface area contributed by atoms with E-state index in [0.29, 0.717) is 18.1 Å². The molecule has 102 valence electrons. The summed E-state index contributed by atoms with van der Waals surface area (Å²) in [6.07, 6.45) is 0. The Morgan fingerprint density at radius 3 is 2.68 bits per heavy atom. The van der Waals surface area contributed by atoms with Crippen molar-refractivity contribution in [3.8, 4) is 22.8 Å². The Bertz CT molecular complexity index is 578. The zero-order valence-corrected chi connectivity index (χ0v) is 13.3. The Kier molecular flexibility index (Phi) is 4.24. The molecule has 0 aliphatic carbocycles. The Morgan fingerprint density at radius 2 is 2.11 bits per heavy atom. The van der Waals surface area contributed by atoms with Crippen LogP contribution < -0.4 is 9.64 Å². The first kappa shape index (κ1) is 14.0. The maximum atomic E-state index is 10.3. The summed E-state index contributed by atoms with van der Waals surface area (Å²) in [7, 11) is 3.73. The summed E-state index contributed by atoms with van der Waals surface area (Å²) in [5.74, 6) is 0.801. The smallest absolute Gasteiger partial charge is 0.330 e. The zero-order valence-electron chi connectivity index (χ0n) is 11.1. The van der Waals surface area contributed by atoms with E-state index >= 15 is 0 Å². The highest BCUT2D eigenvalue weighted by Gasteiger charge is 2.23. The third-order valence-electron chi connectivity index (χ3n) is 2.63. The summed E-state index contributed by atoms with van der Waals surface area (Å²) in [5.41, 5.74) is 1.56. The van der Waals surface area contributed by atoms with Gasteiger partial charge >= 0.3 is 5.95 Å². The number of halogens is 1. The number of hydrogen-bond acceptors (Lipinski definition) is 4. The lowest BCUT2D eigenvalue weighted by Crippen LogP contribution is -2.08. The third kappa shape index (κ3) is 2.80. The minimum Gasteiger partial charge on any atom is -0.501 e. The topological polar surface area (TPSA) is 45.8 Å². The van der Waals surface area contributed by atoms with Crippen LogP contribution in [-0.4, -0.2) is 25.8 Å². The number of anilines is 1. The number of ether oxygens (including phenoxy) is 1. The van der Waals surface area contributed by atoms with E-state index in [-0.39, 0.29) is 11.7 Å². The van der Waals surface area contributed by atoms with Gasteiger partial charge in [0.15, 0.2) is 0 Å². The van der Waals surface area contributed by atoms with Crippen molar-refractivity contribution in [1.82, 2.24) is 0 Å². The van der Waals surface area contributed by atoms with E-state index in [2.05, 4.69) is 22.6 Å². The summed E-state index contributed by atoms with van der Waals surface area (Å²) < 4.78 is 12.0. The standard InChI is InChI=1S/C14H16INO3/c1-4-18-14-12(17)11(13(19-14)16(2)3)9-6-5-7-10(15)8-9/h5-8,17H,4H2,1-3H3. The van der Waals surface area contributed by atoms with Gasteiger partial charge in [0.25, 0.3) is 0 Å². The molecule has 0 unspecified atom stereocenters. The molecule has 1 aromatic heterocycles. The highest BCUT2D eigenvalue weighted by atomic mass is 127. The van der Waals surface area contributed by atoms with Crippen LogP contribution >= 0.6 is 22.6 Å². The van der Waals surface area contributed by atoms with Gasteiger partial charge < -0.3 is 19.2 Å². The molecule has 0 amide bonds. The van der Waals surface area contributed by atoms with Crippen LogP contribution in [0.15, 0.2) is 28.7 Å². The Morgan fingerprint density at radius 1 is 1.37 bits per heavy atom. The van der Waals surface area contributed by atoms with Gasteiger partial charge in [-0.05, 0) is 47.2 Å². The second-order valence-corrected chi connectivity index (χ2v) is 5.50. The van der Waals surface area contributed by atoms with E-state index in [4.69, 9.17) is 9.15 Å². The van der Waals surface area contributed by atoms with Crippen LogP contribution in [0.1, 0.15) is 6.92 Å². The van der Waals surface area contributed by atoms with E-state index < -0.39 is 0 Å². The van der Waals surface area contributed by atoms with Crippen LogP contribution in [0.4, 0.5) is 5.88 Å². The molecule has 2 aromatic rings. The van der Waals surface area contributed by atoms with Crippen molar-refractivity contribution in [3.05, 3.63) is 27.8 Å². The van der Waals surface area contributed by atoms with E-state index in [1.54, 1.807) is 0 Å². The van der Waals surface area contributed by atoms with Gasteiger partial charge in [-0.15, -0.1) is 0 Å². The molecule has 4 nitrogen and oxygen atoms in total. The Balaban J connectivity index is 2.60. The third-order valence-corrected chi connectivity index (χ3v) is 3.30. The highest BCUT2D eigenvalue weighted by Crippen LogP contribution is 2.47. The van der Waals surface area contributed by atoms with E-state index in [1.807, 2.05) is 50.2 Å². The molecule has 1 heterocycles. The molecule has 1 N–H and O–H groups in total. The predicted molar refractivity (Wildman–Crippen MR) is 84.0 cm³/mol. The molecule has 0 aliphatic rings. The molecule has 1 aromatic carbocycles.